The normalized spacial score (nSPS) is 12.9. The van der Waals surface area contributed by atoms with Gasteiger partial charge in [0.2, 0.25) is 0 Å². The molecule has 0 aliphatic heterocycles. The Morgan fingerprint density at radius 1 is 0.238 bits per heavy atom. The Morgan fingerprint density at radius 2 is 0.603 bits per heavy atom. The Morgan fingerprint density at radius 3 is 1.17 bits per heavy atom. The summed E-state index contributed by atoms with van der Waals surface area (Å²) in [6, 6.07) is 81.0. The number of hydrogen-bond acceptors (Lipinski definition) is 3. The summed E-state index contributed by atoms with van der Waals surface area (Å²) in [7, 11) is 0. The van der Waals surface area contributed by atoms with Gasteiger partial charge < -0.3 is 0 Å². The lowest BCUT2D eigenvalue weighted by Gasteiger charge is -2.30. The highest BCUT2D eigenvalue weighted by molar-refractivity contribution is 6.01. The van der Waals surface area contributed by atoms with Crippen LogP contribution in [-0.2, 0) is 5.41 Å². The van der Waals surface area contributed by atoms with Crippen LogP contribution < -0.4 is 0 Å². The molecule has 0 saturated carbocycles. The standard InChI is InChI=1S/C60H37N3/c1-3-18-44-40(14-1)16-11-24-49(44)58-61-57(62-59(63-58)50-25-12-17-41-15-2-4-19-45(41)50)43-36-32-39(33-37-43)38-30-34-42(35-31-38)46-23-13-29-55-56(46)51-22-7-10-28-54(51)60(55)52-26-8-5-20-47(52)48-21-6-9-27-53(48)60/h1-37H. The highest BCUT2D eigenvalue weighted by atomic mass is 15.0. The maximum absolute atomic E-state index is 5.15. The van der Waals surface area contributed by atoms with Crippen molar-refractivity contribution in [2.45, 2.75) is 5.41 Å². The number of benzene rings is 10. The fraction of sp³-hybridized carbons (Fsp3) is 0.0167. The molecule has 0 unspecified atom stereocenters. The monoisotopic (exact) mass is 799 g/mol. The highest BCUT2D eigenvalue weighted by Crippen LogP contribution is 2.63. The van der Waals surface area contributed by atoms with E-state index in [-0.39, 0.29) is 5.41 Å². The van der Waals surface area contributed by atoms with E-state index in [0.29, 0.717) is 17.5 Å². The van der Waals surface area contributed by atoms with Gasteiger partial charge in [-0.3, -0.25) is 0 Å². The number of aromatic nitrogens is 3. The average molecular weight is 800 g/mol. The molecule has 0 atom stereocenters. The van der Waals surface area contributed by atoms with Crippen molar-refractivity contribution in [3.63, 3.8) is 0 Å². The van der Waals surface area contributed by atoms with Gasteiger partial charge in [0.25, 0.3) is 0 Å². The summed E-state index contributed by atoms with van der Waals surface area (Å²) in [6.07, 6.45) is 0. The second-order valence-corrected chi connectivity index (χ2v) is 16.6. The van der Waals surface area contributed by atoms with Crippen LogP contribution in [0.5, 0.6) is 0 Å². The number of hydrogen-bond donors (Lipinski definition) is 0. The Hall–Kier alpha value is -8.27. The van der Waals surface area contributed by atoms with E-state index in [1.54, 1.807) is 0 Å². The van der Waals surface area contributed by atoms with E-state index in [1.165, 1.54) is 55.6 Å². The lowest BCUT2D eigenvalue weighted by molar-refractivity contribution is 0.794. The molecule has 0 radical (unpaired) electrons. The van der Waals surface area contributed by atoms with Crippen LogP contribution in [-0.4, -0.2) is 15.0 Å². The van der Waals surface area contributed by atoms with Crippen molar-refractivity contribution in [3.8, 4) is 78.7 Å². The molecule has 11 aromatic rings. The molecule has 63 heavy (non-hydrogen) atoms. The first kappa shape index (κ1) is 35.5. The molecule has 0 saturated heterocycles. The van der Waals surface area contributed by atoms with Crippen molar-refractivity contribution in [1.82, 2.24) is 15.0 Å². The minimum atomic E-state index is -0.360. The first-order chi connectivity index (χ1) is 31.2. The van der Waals surface area contributed by atoms with E-state index in [1.807, 2.05) is 0 Å². The Balaban J connectivity index is 0.887. The molecule has 13 rings (SSSR count). The predicted molar refractivity (Wildman–Crippen MR) is 258 cm³/mol. The fourth-order valence-electron chi connectivity index (χ4n) is 10.6. The van der Waals surface area contributed by atoms with Gasteiger partial charge in [-0.2, -0.15) is 0 Å². The molecule has 1 spiro atoms. The zero-order chi connectivity index (χ0) is 41.5. The zero-order valence-corrected chi connectivity index (χ0v) is 34.2. The lowest BCUT2D eigenvalue weighted by Crippen LogP contribution is -2.25. The second-order valence-electron chi connectivity index (χ2n) is 16.6. The van der Waals surface area contributed by atoms with Gasteiger partial charge in [0.05, 0.1) is 5.41 Å². The summed E-state index contributed by atoms with van der Waals surface area (Å²) < 4.78 is 0. The zero-order valence-electron chi connectivity index (χ0n) is 34.2. The Kier molecular flexibility index (Phi) is 7.82. The molecule has 10 aromatic carbocycles. The summed E-state index contributed by atoms with van der Waals surface area (Å²) in [5.74, 6) is 1.95. The van der Waals surface area contributed by atoms with Crippen LogP contribution in [0.25, 0.3) is 100 Å². The fourth-order valence-corrected chi connectivity index (χ4v) is 10.6. The molecule has 0 bridgehead atoms. The van der Waals surface area contributed by atoms with Crippen molar-refractivity contribution in [3.05, 3.63) is 247 Å². The van der Waals surface area contributed by atoms with Crippen molar-refractivity contribution in [2.24, 2.45) is 0 Å². The maximum Gasteiger partial charge on any atom is 0.164 e. The van der Waals surface area contributed by atoms with E-state index in [0.717, 1.165) is 49.4 Å². The summed E-state index contributed by atoms with van der Waals surface area (Å²) in [5, 5.41) is 4.51. The van der Waals surface area contributed by atoms with Gasteiger partial charge in [0, 0.05) is 16.7 Å². The summed E-state index contributed by atoms with van der Waals surface area (Å²) in [4.78, 5) is 15.5. The predicted octanol–water partition coefficient (Wildman–Crippen LogP) is 14.9. The number of fused-ring (bicyclic) bond motifs is 12. The first-order valence-electron chi connectivity index (χ1n) is 21.6. The van der Waals surface area contributed by atoms with E-state index >= 15 is 0 Å². The molecule has 0 N–H and O–H groups in total. The van der Waals surface area contributed by atoms with Crippen molar-refractivity contribution < 1.29 is 0 Å². The second kappa shape index (κ2) is 13.9. The number of nitrogens with zero attached hydrogens (tertiary/aromatic N) is 3. The average Bonchev–Trinajstić information content (AvgIpc) is 3.84. The van der Waals surface area contributed by atoms with Gasteiger partial charge in [0.15, 0.2) is 17.5 Å². The van der Waals surface area contributed by atoms with Gasteiger partial charge in [-0.15, -0.1) is 0 Å². The maximum atomic E-state index is 5.15. The van der Waals surface area contributed by atoms with E-state index in [4.69, 9.17) is 15.0 Å². The molecule has 2 aliphatic rings. The highest BCUT2D eigenvalue weighted by Gasteiger charge is 2.51. The molecule has 1 aromatic heterocycles. The largest absolute Gasteiger partial charge is 0.208 e. The Labute approximate surface area is 365 Å². The van der Waals surface area contributed by atoms with Crippen molar-refractivity contribution >= 4 is 21.5 Å². The van der Waals surface area contributed by atoms with Gasteiger partial charge in [-0.1, -0.05) is 224 Å². The Bertz CT molecular complexity index is 3470. The SMILES string of the molecule is c1ccc2c(c1)-c1ccccc1C21c2ccccc2-c2c(-c3ccc(-c4ccc(-c5nc(-c6cccc7ccccc67)nc(-c6cccc7ccccc67)n5)cc4)cc3)cccc21. The van der Waals surface area contributed by atoms with Gasteiger partial charge in [0.1, 0.15) is 0 Å². The van der Waals surface area contributed by atoms with Gasteiger partial charge >= 0.3 is 0 Å². The van der Waals surface area contributed by atoms with Gasteiger partial charge in [-0.05, 0) is 88.3 Å². The van der Waals surface area contributed by atoms with Crippen LogP contribution in [0.4, 0.5) is 0 Å². The van der Waals surface area contributed by atoms with Gasteiger partial charge in [-0.25, -0.2) is 15.0 Å². The van der Waals surface area contributed by atoms with E-state index in [2.05, 4.69) is 224 Å². The van der Waals surface area contributed by atoms with Crippen molar-refractivity contribution in [1.29, 1.82) is 0 Å². The molecule has 3 heteroatoms. The summed E-state index contributed by atoms with van der Waals surface area (Å²) >= 11 is 0. The third-order valence-electron chi connectivity index (χ3n) is 13.4. The van der Waals surface area contributed by atoms with Crippen molar-refractivity contribution in [2.75, 3.05) is 0 Å². The lowest BCUT2D eigenvalue weighted by atomic mass is 9.70. The molecule has 0 amide bonds. The van der Waals surface area contributed by atoms with Crippen LogP contribution in [0.3, 0.4) is 0 Å². The number of rotatable bonds is 5. The van der Waals surface area contributed by atoms with Crippen LogP contribution in [0.15, 0.2) is 224 Å². The summed E-state index contributed by atoms with van der Waals surface area (Å²) in [5.41, 5.74) is 18.0. The van der Waals surface area contributed by atoms with Crippen LogP contribution in [0.1, 0.15) is 22.3 Å². The van der Waals surface area contributed by atoms with E-state index in [9.17, 15) is 0 Å². The third kappa shape index (κ3) is 5.30. The third-order valence-corrected chi connectivity index (χ3v) is 13.4. The molecule has 1 heterocycles. The quantitative estimate of drug-likeness (QED) is 0.174. The van der Waals surface area contributed by atoms with E-state index < -0.39 is 0 Å². The molecule has 3 nitrogen and oxygen atoms in total. The first-order valence-corrected chi connectivity index (χ1v) is 21.6. The van der Waals surface area contributed by atoms with Crippen LogP contribution in [0.2, 0.25) is 0 Å². The molecular formula is C60H37N3. The summed E-state index contributed by atoms with van der Waals surface area (Å²) in [6.45, 7) is 0. The molecule has 0 fully saturated rings. The minimum Gasteiger partial charge on any atom is -0.208 e. The smallest absolute Gasteiger partial charge is 0.164 e. The molecular weight excluding hydrogens is 763 g/mol. The van der Waals surface area contributed by atoms with Crippen LogP contribution >= 0.6 is 0 Å². The molecule has 292 valence electrons. The topological polar surface area (TPSA) is 38.7 Å². The minimum absolute atomic E-state index is 0.360. The van der Waals surface area contributed by atoms with Crippen LogP contribution in [0, 0.1) is 0 Å². The molecule has 2 aliphatic carbocycles.